The largest absolute Gasteiger partial charge is 0.350 e. The zero-order valence-corrected chi connectivity index (χ0v) is 14.1. The molecule has 6 nitrogen and oxygen atoms in total. The van der Waals surface area contributed by atoms with Crippen LogP contribution in [-0.2, 0) is 13.1 Å². The fourth-order valence-corrected chi connectivity index (χ4v) is 2.23. The fraction of sp³-hybridized carbons (Fsp3) is 0.111. The molecule has 0 atom stereocenters. The van der Waals surface area contributed by atoms with Crippen LogP contribution in [0.3, 0.4) is 0 Å². The number of carbonyl (C=O) groups is 1. The second-order valence-corrected chi connectivity index (χ2v) is 5.75. The van der Waals surface area contributed by atoms with E-state index in [0.29, 0.717) is 29.6 Å². The molecule has 3 rings (SSSR count). The Balaban J connectivity index is 1.52. The number of hydrogen-bond acceptors (Lipinski definition) is 5. The molecule has 7 heteroatoms. The van der Waals surface area contributed by atoms with Gasteiger partial charge in [-0.15, -0.1) is 0 Å². The number of carbonyl (C=O) groups excluding carboxylic acids is 1. The Morgan fingerprint density at radius 3 is 2.24 bits per heavy atom. The second kappa shape index (κ2) is 8.21. The first-order valence-corrected chi connectivity index (χ1v) is 8.06. The molecule has 1 aromatic carbocycles. The Kier molecular flexibility index (Phi) is 5.53. The molecule has 2 heterocycles. The quantitative estimate of drug-likeness (QED) is 0.712. The number of anilines is 1. The van der Waals surface area contributed by atoms with E-state index in [1.807, 2.05) is 24.3 Å². The summed E-state index contributed by atoms with van der Waals surface area (Å²) < 4.78 is 0. The van der Waals surface area contributed by atoms with Crippen molar-refractivity contribution in [1.82, 2.24) is 20.3 Å². The highest BCUT2D eigenvalue weighted by Crippen LogP contribution is 2.09. The summed E-state index contributed by atoms with van der Waals surface area (Å²) in [6.45, 7) is 1.00. The van der Waals surface area contributed by atoms with Gasteiger partial charge in [-0.3, -0.25) is 9.78 Å². The van der Waals surface area contributed by atoms with Gasteiger partial charge in [0, 0.05) is 42.9 Å². The monoisotopic (exact) mass is 353 g/mol. The van der Waals surface area contributed by atoms with Gasteiger partial charge in [0.05, 0.1) is 5.56 Å². The molecule has 2 aromatic heterocycles. The highest BCUT2D eigenvalue weighted by atomic mass is 35.5. The number of halogens is 1. The van der Waals surface area contributed by atoms with E-state index in [9.17, 15) is 4.79 Å². The van der Waals surface area contributed by atoms with E-state index in [1.165, 1.54) is 12.4 Å². The Bertz CT molecular complexity index is 822. The van der Waals surface area contributed by atoms with Gasteiger partial charge in [0.25, 0.3) is 5.91 Å². The standard InChI is InChI=1S/C18H16ClN5O/c19-16-3-1-13(2-4-16)9-21-17(25)15-11-23-18(24-12-15)22-10-14-5-7-20-8-6-14/h1-8,11-12H,9-10H2,(H,21,25)(H,22,23,24). The number of amides is 1. The van der Waals surface area contributed by atoms with Gasteiger partial charge in [-0.2, -0.15) is 0 Å². The van der Waals surface area contributed by atoms with E-state index < -0.39 is 0 Å². The van der Waals surface area contributed by atoms with Crippen LogP contribution in [0.1, 0.15) is 21.5 Å². The van der Waals surface area contributed by atoms with Crippen LogP contribution in [0.4, 0.5) is 5.95 Å². The molecule has 0 saturated heterocycles. The van der Waals surface area contributed by atoms with Crippen molar-refractivity contribution in [2.24, 2.45) is 0 Å². The molecule has 25 heavy (non-hydrogen) atoms. The lowest BCUT2D eigenvalue weighted by molar-refractivity contribution is 0.0950. The van der Waals surface area contributed by atoms with Crippen molar-refractivity contribution >= 4 is 23.5 Å². The molecule has 0 saturated carbocycles. The number of rotatable bonds is 6. The molecule has 0 fully saturated rings. The van der Waals surface area contributed by atoms with Gasteiger partial charge in [0.1, 0.15) is 0 Å². The van der Waals surface area contributed by atoms with Crippen molar-refractivity contribution < 1.29 is 4.79 Å². The minimum atomic E-state index is -0.226. The molecule has 0 bridgehead atoms. The zero-order valence-electron chi connectivity index (χ0n) is 13.3. The summed E-state index contributed by atoms with van der Waals surface area (Å²) in [7, 11) is 0. The van der Waals surface area contributed by atoms with Gasteiger partial charge in [0.2, 0.25) is 5.95 Å². The Hall–Kier alpha value is -2.99. The highest BCUT2D eigenvalue weighted by Gasteiger charge is 2.07. The zero-order chi connectivity index (χ0) is 17.5. The predicted octanol–water partition coefficient (Wildman–Crippen LogP) is 3.07. The maximum absolute atomic E-state index is 12.1. The lowest BCUT2D eigenvalue weighted by Gasteiger charge is -2.07. The number of pyridine rings is 1. The lowest BCUT2D eigenvalue weighted by atomic mass is 10.2. The number of hydrogen-bond donors (Lipinski definition) is 2. The van der Waals surface area contributed by atoms with Crippen LogP contribution in [0.2, 0.25) is 5.02 Å². The molecule has 0 radical (unpaired) electrons. The molecule has 0 unspecified atom stereocenters. The molecule has 0 spiro atoms. The van der Waals surface area contributed by atoms with Crippen LogP contribution in [0.5, 0.6) is 0 Å². The van der Waals surface area contributed by atoms with Gasteiger partial charge in [-0.05, 0) is 35.4 Å². The number of aromatic nitrogens is 3. The minimum Gasteiger partial charge on any atom is -0.350 e. The molecule has 0 aliphatic heterocycles. The summed E-state index contributed by atoms with van der Waals surface area (Å²) in [6, 6.07) is 11.1. The van der Waals surface area contributed by atoms with Crippen molar-refractivity contribution in [2.45, 2.75) is 13.1 Å². The summed E-state index contributed by atoms with van der Waals surface area (Å²) >= 11 is 5.84. The average Bonchev–Trinajstić information content (AvgIpc) is 2.67. The topological polar surface area (TPSA) is 79.8 Å². The van der Waals surface area contributed by atoms with Gasteiger partial charge < -0.3 is 10.6 Å². The molecule has 1 amide bonds. The highest BCUT2D eigenvalue weighted by molar-refractivity contribution is 6.30. The van der Waals surface area contributed by atoms with Crippen LogP contribution in [-0.4, -0.2) is 20.9 Å². The Labute approximate surface area is 150 Å². The van der Waals surface area contributed by atoms with Gasteiger partial charge >= 0.3 is 0 Å². The first-order chi connectivity index (χ1) is 12.2. The maximum atomic E-state index is 12.1. The average molecular weight is 354 g/mol. The van der Waals surface area contributed by atoms with Crippen molar-refractivity contribution in [3.05, 3.63) is 82.9 Å². The summed E-state index contributed by atoms with van der Waals surface area (Å²) in [5, 5.41) is 6.58. The van der Waals surface area contributed by atoms with Crippen molar-refractivity contribution in [3.8, 4) is 0 Å². The van der Waals surface area contributed by atoms with E-state index in [0.717, 1.165) is 11.1 Å². The molecule has 2 N–H and O–H groups in total. The smallest absolute Gasteiger partial charge is 0.254 e. The molecule has 3 aromatic rings. The molecular weight excluding hydrogens is 338 g/mol. The maximum Gasteiger partial charge on any atom is 0.254 e. The normalized spacial score (nSPS) is 10.3. The number of benzene rings is 1. The summed E-state index contributed by atoms with van der Waals surface area (Å²) in [5.41, 5.74) is 2.45. The Morgan fingerprint density at radius 1 is 0.920 bits per heavy atom. The first kappa shape index (κ1) is 16.9. The fourth-order valence-electron chi connectivity index (χ4n) is 2.10. The molecule has 0 aliphatic carbocycles. The third kappa shape index (κ3) is 4.99. The first-order valence-electron chi connectivity index (χ1n) is 7.68. The van der Waals surface area contributed by atoms with Gasteiger partial charge in [-0.25, -0.2) is 9.97 Å². The number of nitrogens with one attached hydrogen (secondary N) is 2. The third-order valence-electron chi connectivity index (χ3n) is 3.48. The van der Waals surface area contributed by atoms with Gasteiger partial charge in [0.15, 0.2) is 0 Å². The van der Waals surface area contributed by atoms with Crippen LogP contribution in [0.25, 0.3) is 0 Å². The van der Waals surface area contributed by atoms with Crippen LogP contribution in [0, 0.1) is 0 Å². The van der Waals surface area contributed by atoms with Gasteiger partial charge in [-0.1, -0.05) is 23.7 Å². The third-order valence-corrected chi connectivity index (χ3v) is 3.73. The summed E-state index contributed by atoms with van der Waals surface area (Å²) in [5.74, 6) is 0.238. The van der Waals surface area contributed by atoms with Crippen LogP contribution in [0.15, 0.2) is 61.2 Å². The van der Waals surface area contributed by atoms with E-state index >= 15 is 0 Å². The minimum absolute atomic E-state index is 0.226. The summed E-state index contributed by atoms with van der Waals surface area (Å²) in [4.78, 5) is 24.4. The van der Waals surface area contributed by atoms with E-state index in [-0.39, 0.29) is 5.91 Å². The molecular formula is C18H16ClN5O. The predicted molar refractivity (Wildman–Crippen MR) is 96.2 cm³/mol. The lowest BCUT2D eigenvalue weighted by Crippen LogP contribution is -2.23. The van der Waals surface area contributed by atoms with E-state index in [2.05, 4.69) is 25.6 Å². The second-order valence-electron chi connectivity index (χ2n) is 5.31. The SMILES string of the molecule is O=C(NCc1ccc(Cl)cc1)c1cnc(NCc2ccncc2)nc1. The van der Waals surface area contributed by atoms with E-state index in [1.54, 1.807) is 24.5 Å². The van der Waals surface area contributed by atoms with E-state index in [4.69, 9.17) is 11.6 Å². The van der Waals surface area contributed by atoms with Crippen molar-refractivity contribution in [1.29, 1.82) is 0 Å². The number of nitrogens with zero attached hydrogens (tertiary/aromatic N) is 3. The van der Waals surface area contributed by atoms with Crippen molar-refractivity contribution in [2.75, 3.05) is 5.32 Å². The molecule has 0 aliphatic rings. The van der Waals surface area contributed by atoms with Crippen LogP contribution < -0.4 is 10.6 Å². The van der Waals surface area contributed by atoms with Crippen molar-refractivity contribution in [3.63, 3.8) is 0 Å². The Morgan fingerprint density at radius 2 is 1.56 bits per heavy atom. The summed E-state index contributed by atoms with van der Waals surface area (Å²) in [6.07, 6.45) is 6.45. The van der Waals surface area contributed by atoms with Crippen LogP contribution >= 0.6 is 11.6 Å². The molecule has 126 valence electrons.